The third-order valence-corrected chi connectivity index (χ3v) is 2.92. The molecule has 0 fully saturated rings. The molecule has 0 aliphatic heterocycles. The largest absolute Gasteiger partial charge is 0.334 e. The monoisotopic (exact) mass is 253 g/mol. The van der Waals surface area contributed by atoms with Crippen LogP contribution in [0.15, 0.2) is 29.2 Å². The van der Waals surface area contributed by atoms with Crippen LogP contribution in [0.5, 0.6) is 0 Å². The molecular formula is C7H8FNO4S2. The second kappa shape index (κ2) is 3.78. The van der Waals surface area contributed by atoms with Gasteiger partial charge in [-0.25, -0.2) is 8.42 Å². The quantitative estimate of drug-likeness (QED) is 0.805. The van der Waals surface area contributed by atoms with Crippen molar-refractivity contribution in [1.29, 1.82) is 0 Å². The van der Waals surface area contributed by atoms with Crippen molar-refractivity contribution in [2.45, 2.75) is 4.90 Å². The Balaban J connectivity index is 3.32. The van der Waals surface area contributed by atoms with E-state index in [1.165, 1.54) is 12.1 Å². The Hall–Kier alpha value is -1.15. The molecule has 0 atom stereocenters. The number of sulfonamides is 1. The highest BCUT2D eigenvalue weighted by Crippen LogP contribution is 2.23. The molecule has 84 valence electrons. The lowest BCUT2D eigenvalue weighted by atomic mass is 10.3. The molecule has 5 nitrogen and oxygen atoms in total. The van der Waals surface area contributed by atoms with Crippen molar-refractivity contribution in [2.75, 3.05) is 11.0 Å². The minimum Gasteiger partial charge on any atom is -0.282 e. The summed E-state index contributed by atoms with van der Waals surface area (Å²) in [6, 6.07) is 4.82. The van der Waals surface area contributed by atoms with Crippen LogP contribution in [0.4, 0.5) is 9.57 Å². The van der Waals surface area contributed by atoms with E-state index >= 15 is 0 Å². The zero-order chi connectivity index (χ0) is 11.7. The molecule has 0 heterocycles. The van der Waals surface area contributed by atoms with E-state index < -0.39 is 25.1 Å². The summed E-state index contributed by atoms with van der Waals surface area (Å²) in [6.45, 7) is 0. The van der Waals surface area contributed by atoms with E-state index in [0.717, 1.165) is 18.4 Å². The van der Waals surface area contributed by atoms with Crippen molar-refractivity contribution in [3.8, 4) is 0 Å². The maximum absolute atomic E-state index is 12.7. The van der Waals surface area contributed by atoms with E-state index in [-0.39, 0.29) is 5.69 Å². The Kier molecular flexibility index (Phi) is 3.00. The molecule has 1 rings (SSSR count). The first-order valence-corrected chi connectivity index (χ1v) is 6.99. The van der Waals surface area contributed by atoms with Gasteiger partial charge in [-0.1, -0.05) is 12.1 Å². The minimum atomic E-state index is -4.93. The Morgan fingerprint density at radius 1 is 1.13 bits per heavy atom. The normalized spacial score (nSPS) is 12.4. The fourth-order valence-electron chi connectivity index (χ4n) is 0.963. The van der Waals surface area contributed by atoms with Gasteiger partial charge in [-0.15, -0.1) is 3.89 Å². The summed E-state index contributed by atoms with van der Waals surface area (Å²) in [7, 11) is -8.57. The Labute approximate surface area is 87.2 Å². The molecule has 1 aromatic rings. The average molecular weight is 253 g/mol. The summed E-state index contributed by atoms with van der Waals surface area (Å²) in [5.74, 6) is 0. The molecule has 1 aromatic carbocycles. The topological polar surface area (TPSA) is 80.3 Å². The third kappa shape index (κ3) is 3.48. The summed E-state index contributed by atoms with van der Waals surface area (Å²) in [5, 5.41) is 0. The zero-order valence-corrected chi connectivity index (χ0v) is 9.27. The van der Waals surface area contributed by atoms with Crippen LogP contribution in [-0.4, -0.2) is 23.1 Å². The lowest BCUT2D eigenvalue weighted by molar-refractivity contribution is 0.552. The summed E-state index contributed by atoms with van der Waals surface area (Å²) in [4.78, 5) is -0.699. The molecule has 8 heteroatoms. The molecule has 1 N–H and O–H groups in total. The molecule has 0 amide bonds. The number of nitrogens with one attached hydrogen (secondary N) is 1. The fourth-order valence-corrected chi connectivity index (χ4v) is 2.23. The van der Waals surface area contributed by atoms with Gasteiger partial charge >= 0.3 is 10.2 Å². The van der Waals surface area contributed by atoms with Gasteiger partial charge in [-0.3, -0.25) is 4.72 Å². The molecule has 0 unspecified atom stereocenters. The molecule has 0 aromatic heterocycles. The third-order valence-electron chi connectivity index (χ3n) is 1.45. The van der Waals surface area contributed by atoms with Gasteiger partial charge in [-0.05, 0) is 12.1 Å². The van der Waals surface area contributed by atoms with Crippen molar-refractivity contribution in [3.05, 3.63) is 24.3 Å². The van der Waals surface area contributed by atoms with Crippen molar-refractivity contribution in [2.24, 2.45) is 0 Å². The van der Waals surface area contributed by atoms with Gasteiger partial charge in [0.25, 0.3) is 0 Å². The highest BCUT2D eigenvalue weighted by molar-refractivity contribution is 7.92. The van der Waals surface area contributed by atoms with Crippen LogP contribution >= 0.6 is 0 Å². The Bertz CT molecular complexity index is 564. The summed E-state index contributed by atoms with van der Waals surface area (Å²) >= 11 is 0. The number of hydrogen-bond acceptors (Lipinski definition) is 4. The predicted molar refractivity (Wildman–Crippen MR) is 53.2 cm³/mol. The van der Waals surface area contributed by atoms with E-state index in [0.29, 0.717) is 0 Å². The summed E-state index contributed by atoms with van der Waals surface area (Å²) < 4.78 is 57.6. The molecule has 0 saturated carbocycles. The molecule has 0 aliphatic rings. The van der Waals surface area contributed by atoms with Crippen LogP contribution < -0.4 is 4.72 Å². The van der Waals surface area contributed by atoms with Crippen LogP contribution in [0.1, 0.15) is 0 Å². The first kappa shape index (κ1) is 11.9. The molecule has 0 aliphatic carbocycles. The molecule has 0 saturated heterocycles. The summed E-state index contributed by atoms with van der Waals surface area (Å²) in [6.07, 6.45) is 0.842. The van der Waals surface area contributed by atoms with Crippen LogP contribution in [-0.2, 0) is 20.2 Å². The molecule has 0 bridgehead atoms. The standard InChI is InChI=1S/C7H8FNO4S2/c1-14(10,11)9-6-4-2-3-5-7(6)15(8,12)13/h2-5,9H,1H3. The lowest BCUT2D eigenvalue weighted by Gasteiger charge is -2.06. The molecule has 15 heavy (non-hydrogen) atoms. The predicted octanol–water partition coefficient (Wildman–Crippen LogP) is 0.716. The van der Waals surface area contributed by atoms with E-state index in [4.69, 9.17) is 0 Å². The van der Waals surface area contributed by atoms with Crippen molar-refractivity contribution >= 4 is 25.9 Å². The van der Waals surface area contributed by atoms with Gasteiger partial charge in [-0.2, -0.15) is 8.42 Å². The van der Waals surface area contributed by atoms with E-state index in [1.54, 1.807) is 0 Å². The molecule has 0 radical (unpaired) electrons. The number of halogens is 1. The molecule has 0 spiro atoms. The smallest absolute Gasteiger partial charge is 0.282 e. The lowest BCUT2D eigenvalue weighted by Crippen LogP contribution is -2.11. The maximum Gasteiger partial charge on any atom is 0.334 e. The first-order valence-electron chi connectivity index (χ1n) is 3.71. The Morgan fingerprint density at radius 3 is 2.13 bits per heavy atom. The fraction of sp³-hybridized carbons (Fsp3) is 0.143. The number of benzene rings is 1. The van der Waals surface area contributed by atoms with Crippen LogP contribution in [0.3, 0.4) is 0 Å². The number of para-hydroxylation sites is 1. The van der Waals surface area contributed by atoms with Crippen molar-refractivity contribution in [1.82, 2.24) is 0 Å². The first-order chi connectivity index (χ1) is 6.70. The van der Waals surface area contributed by atoms with Crippen molar-refractivity contribution in [3.63, 3.8) is 0 Å². The number of rotatable bonds is 3. The summed E-state index contributed by atoms with van der Waals surface area (Å²) in [5.41, 5.74) is -0.303. The van der Waals surface area contributed by atoms with Crippen LogP contribution in [0.25, 0.3) is 0 Å². The SMILES string of the molecule is CS(=O)(=O)Nc1ccccc1S(=O)(=O)F. The van der Waals surface area contributed by atoms with E-state index in [1.807, 2.05) is 4.72 Å². The highest BCUT2D eigenvalue weighted by Gasteiger charge is 2.18. The minimum absolute atomic E-state index is 0.303. The van der Waals surface area contributed by atoms with Gasteiger partial charge < -0.3 is 0 Å². The van der Waals surface area contributed by atoms with Gasteiger partial charge in [0.2, 0.25) is 10.0 Å². The highest BCUT2D eigenvalue weighted by atomic mass is 32.3. The van der Waals surface area contributed by atoms with Gasteiger partial charge in [0, 0.05) is 0 Å². The van der Waals surface area contributed by atoms with Gasteiger partial charge in [0.1, 0.15) is 4.90 Å². The maximum atomic E-state index is 12.7. The molecular weight excluding hydrogens is 245 g/mol. The second-order valence-corrected chi connectivity index (χ2v) is 5.87. The second-order valence-electron chi connectivity index (χ2n) is 2.81. The van der Waals surface area contributed by atoms with E-state index in [9.17, 15) is 20.7 Å². The van der Waals surface area contributed by atoms with E-state index in [2.05, 4.69) is 0 Å². The van der Waals surface area contributed by atoms with Crippen LogP contribution in [0.2, 0.25) is 0 Å². The number of anilines is 1. The Morgan fingerprint density at radius 2 is 1.67 bits per heavy atom. The van der Waals surface area contributed by atoms with Crippen LogP contribution in [0, 0.1) is 0 Å². The average Bonchev–Trinajstić information content (AvgIpc) is 1.99. The number of hydrogen-bond donors (Lipinski definition) is 1. The van der Waals surface area contributed by atoms with Gasteiger partial charge in [0.15, 0.2) is 0 Å². The van der Waals surface area contributed by atoms with Crippen molar-refractivity contribution < 1.29 is 20.7 Å². The zero-order valence-electron chi connectivity index (χ0n) is 7.64. The van der Waals surface area contributed by atoms with Gasteiger partial charge in [0.05, 0.1) is 11.9 Å².